The minimum absolute atomic E-state index is 0.197. The summed E-state index contributed by atoms with van der Waals surface area (Å²) in [4.78, 5) is 13.4. The summed E-state index contributed by atoms with van der Waals surface area (Å²) in [5, 5.41) is 6.78. The molecular formula is C15H21N3O. The van der Waals surface area contributed by atoms with E-state index in [9.17, 15) is 4.79 Å². The van der Waals surface area contributed by atoms with Crippen molar-refractivity contribution in [1.82, 2.24) is 10.6 Å². The van der Waals surface area contributed by atoms with E-state index in [-0.39, 0.29) is 5.91 Å². The van der Waals surface area contributed by atoms with E-state index in [1.165, 1.54) is 11.1 Å². The van der Waals surface area contributed by atoms with E-state index in [1.54, 1.807) is 4.90 Å². The molecular weight excluding hydrogens is 238 g/mol. The third-order valence-corrected chi connectivity index (χ3v) is 4.11. The number of fused-ring (bicyclic) bond motifs is 1. The second-order valence-electron chi connectivity index (χ2n) is 5.57. The third-order valence-electron chi connectivity index (χ3n) is 4.11. The van der Waals surface area contributed by atoms with Gasteiger partial charge in [0.05, 0.1) is 6.42 Å². The fourth-order valence-corrected chi connectivity index (χ4v) is 2.71. The summed E-state index contributed by atoms with van der Waals surface area (Å²) < 4.78 is 0. The first-order valence-electron chi connectivity index (χ1n) is 7.04. The fourth-order valence-electron chi connectivity index (χ4n) is 2.71. The predicted molar refractivity (Wildman–Crippen MR) is 76.5 cm³/mol. The van der Waals surface area contributed by atoms with Crippen LogP contribution in [0.4, 0.5) is 5.69 Å². The smallest absolute Gasteiger partial charge is 0.231 e. The van der Waals surface area contributed by atoms with Gasteiger partial charge in [-0.15, -0.1) is 0 Å². The summed E-state index contributed by atoms with van der Waals surface area (Å²) in [5.41, 5.74) is 3.57. The molecule has 0 spiro atoms. The molecule has 1 fully saturated rings. The Morgan fingerprint density at radius 2 is 2.26 bits per heavy atom. The summed E-state index contributed by atoms with van der Waals surface area (Å²) in [6, 6.07) is 6.40. The topological polar surface area (TPSA) is 44.4 Å². The highest BCUT2D eigenvalue weighted by atomic mass is 16.2. The molecule has 4 nitrogen and oxygen atoms in total. The van der Waals surface area contributed by atoms with Crippen molar-refractivity contribution in [2.24, 2.45) is 5.92 Å². The standard InChI is InChI=1S/C15H21N3O/c1-18-14-3-2-11(6-13(14)7-15(18)19)4-5-16-8-12-9-17-10-12/h2-3,6,12,16-17H,4-5,7-10H2,1H3. The largest absolute Gasteiger partial charge is 0.316 e. The highest BCUT2D eigenvalue weighted by molar-refractivity contribution is 6.00. The molecule has 2 aliphatic rings. The highest BCUT2D eigenvalue weighted by Crippen LogP contribution is 2.28. The number of nitrogens with zero attached hydrogens (tertiary/aromatic N) is 1. The summed E-state index contributed by atoms with van der Waals surface area (Å²) in [7, 11) is 1.85. The van der Waals surface area contributed by atoms with Crippen LogP contribution in [0.15, 0.2) is 18.2 Å². The number of anilines is 1. The van der Waals surface area contributed by atoms with Gasteiger partial charge >= 0.3 is 0 Å². The van der Waals surface area contributed by atoms with Crippen molar-refractivity contribution in [2.45, 2.75) is 12.8 Å². The Labute approximate surface area is 114 Å². The van der Waals surface area contributed by atoms with Crippen LogP contribution >= 0.6 is 0 Å². The maximum Gasteiger partial charge on any atom is 0.231 e. The summed E-state index contributed by atoms with van der Waals surface area (Å²) in [6.07, 6.45) is 1.59. The molecule has 2 aliphatic heterocycles. The van der Waals surface area contributed by atoms with Crippen LogP contribution in [0, 0.1) is 5.92 Å². The molecule has 2 heterocycles. The molecule has 0 aromatic heterocycles. The molecule has 19 heavy (non-hydrogen) atoms. The molecule has 1 aromatic rings. The number of carbonyl (C=O) groups excluding carboxylic acids is 1. The normalized spacial score (nSPS) is 18.6. The van der Waals surface area contributed by atoms with Crippen molar-refractivity contribution < 1.29 is 4.79 Å². The van der Waals surface area contributed by atoms with Crippen molar-refractivity contribution in [1.29, 1.82) is 0 Å². The molecule has 0 unspecified atom stereocenters. The number of benzene rings is 1. The van der Waals surface area contributed by atoms with Crippen LogP contribution in [0.3, 0.4) is 0 Å². The Kier molecular flexibility index (Phi) is 3.53. The van der Waals surface area contributed by atoms with E-state index in [4.69, 9.17) is 0 Å². The second kappa shape index (κ2) is 5.31. The lowest BCUT2D eigenvalue weighted by Gasteiger charge is -2.27. The van der Waals surface area contributed by atoms with Gasteiger partial charge < -0.3 is 15.5 Å². The van der Waals surface area contributed by atoms with Crippen molar-refractivity contribution in [3.05, 3.63) is 29.3 Å². The number of hydrogen-bond acceptors (Lipinski definition) is 3. The number of hydrogen-bond donors (Lipinski definition) is 2. The van der Waals surface area contributed by atoms with Gasteiger partial charge in [0.1, 0.15) is 0 Å². The Bertz CT molecular complexity index is 482. The van der Waals surface area contributed by atoms with Gasteiger partial charge in [-0.05, 0) is 36.1 Å². The average Bonchev–Trinajstić information content (AvgIpc) is 2.62. The van der Waals surface area contributed by atoms with Gasteiger partial charge in [-0.3, -0.25) is 4.79 Å². The lowest BCUT2D eigenvalue weighted by Crippen LogP contribution is -2.47. The van der Waals surface area contributed by atoms with E-state index < -0.39 is 0 Å². The number of amides is 1. The lowest BCUT2D eigenvalue weighted by atomic mass is 10.0. The number of likely N-dealkylation sites (N-methyl/N-ethyl adjacent to an activating group) is 1. The van der Waals surface area contributed by atoms with Gasteiger partial charge in [-0.2, -0.15) is 0 Å². The maximum atomic E-state index is 11.6. The zero-order valence-corrected chi connectivity index (χ0v) is 11.4. The Morgan fingerprint density at radius 3 is 3.00 bits per heavy atom. The first kappa shape index (κ1) is 12.6. The number of nitrogens with one attached hydrogen (secondary N) is 2. The first-order chi connectivity index (χ1) is 9.24. The van der Waals surface area contributed by atoms with E-state index in [0.29, 0.717) is 6.42 Å². The number of carbonyl (C=O) groups is 1. The molecule has 1 amide bonds. The van der Waals surface area contributed by atoms with Gasteiger partial charge in [0, 0.05) is 32.4 Å². The average molecular weight is 259 g/mol. The van der Waals surface area contributed by atoms with E-state index >= 15 is 0 Å². The molecule has 0 radical (unpaired) electrons. The number of rotatable bonds is 5. The van der Waals surface area contributed by atoms with Crippen LogP contribution in [0.5, 0.6) is 0 Å². The Balaban J connectivity index is 1.51. The van der Waals surface area contributed by atoms with Crippen molar-refractivity contribution in [3.8, 4) is 0 Å². The third kappa shape index (κ3) is 2.65. The predicted octanol–water partition coefficient (Wildman–Crippen LogP) is 0.557. The van der Waals surface area contributed by atoms with Crippen molar-refractivity contribution >= 4 is 11.6 Å². The van der Waals surface area contributed by atoms with Gasteiger partial charge in [0.15, 0.2) is 0 Å². The van der Waals surface area contributed by atoms with Gasteiger partial charge in [0.2, 0.25) is 5.91 Å². The molecule has 1 saturated heterocycles. The van der Waals surface area contributed by atoms with Crippen LogP contribution < -0.4 is 15.5 Å². The molecule has 1 aromatic carbocycles. The Hall–Kier alpha value is -1.39. The molecule has 3 rings (SSSR count). The molecule has 0 bridgehead atoms. The Morgan fingerprint density at radius 1 is 1.42 bits per heavy atom. The summed E-state index contributed by atoms with van der Waals surface area (Å²) >= 11 is 0. The van der Waals surface area contributed by atoms with Gasteiger partial charge in [-0.1, -0.05) is 12.1 Å². The minimum Gasteiger partial charge on any atom is -0.316 e. The van der Waals surface area contributed by atoms with Gasteiger partial charge in [-0.25, -0.2) is 0 Å². The molecule has 4 heteroatoms. The molecule has 0 aliphatic carbocycles. The first-order valence-corrected chi connectivity index (χ1v) is 7.04. The van der Waals surface area contributed by atoms with Crippen LogP contribution in [0.2, 0.25) is 0 Å². The van der Waals surface area contributed by atoms with Crippen LogP contribution in [0.1, 0.15) is 11.1 Å². The quantitative estimate of drug-likeness (QED) is 0.759. The van der Waals surface area contributed by atoms with Crippen LogP contribution in [-0.2, 0) is 17.6 Å². The maximum absolute atomic E-state index is 11.6. The highest BCUT2D eigenvalue weighted by Gasteiger charge is 2.23. The van der Waals surface area contributed by atoms with Crippen molar-refractivity contribution in [3.63, 3.8) is 0 Å². The lowest BCUT2D eigenvalue weighted by molar-refractivity contribution is -0.117. The zero-order valence-electron chi connectivity index (χ0n) is 11.4. The SMILES string of the molecule is CN1C(=O)Cc2cc(CCNCC3CNC3)ccc21. The second-order valence-corrected chi connectivity index (χ2v) is 5.57. The van der Waals surface area contributed by atoms with Gasteiger partial charge in [0.25, 0.3) is 0 Å². The monoisotopic (exact) mass is 259 g/mol. The fraction of sp³-hybridized carbons (Fsp3) is 0.533. The van der Waals surface area contributed by atoms with E-state index in [2.05, 4.69) is 28.8 Å². The van der Waals surface area contributed by atoms with Crippen molar-refractivity contribution in [2.75, 3.05) is 38.1 Å². The minimum atomic E-state index is 0.197. The molecule has 102 valence electrons. The zero-order chi connectivity index (χ0) is 13.2. The molecule has 2 N–H and O–H groups in total. The van der Waals surface area contributed by atoms with E-state index in [1.807, 2.05) is 7.05 Å². The van der Waals surface area contributed by atoms with Crippen LogP contribution in [-0.4, -0.2) is 39.1 Å². The molecule has 0 saturated carbocycles. The van der Waals surface area contributed by atoms with Crippen LogP contribution in [0.25, 0.3) is 0 Å². The molecule has 0 atom stereocenters. The summed E-state index contributed by atoms with van der Waals surface area (Å²) in [6.45, 7) is 4.43. The van der Waals surface area contributed by atoms with E-state index in [0.717, 1.165) is 44.2 Å². The summed E-state index contributed by atoms with van der Waals surface area (Å²) in [5.74, 6) is 1.01.